The molecule has 1 saturated carbocycles. The van der Waals surface area contributed by atoms with E-state index >= 15 is 0 Å². The van der Waals surface area contributed by atoms with Crippen molar-refractivity contribution in [3.63, 3.8) is 0 Å². The number of nitrogens with one attached hydrogen (secondary N) is 1. The zero-order valence-electron chi connectivity index (χ0n) is 18.2. The average molecular weight is 414 g/mol. The summed E-state index contributed by atoms with van der Waals surface area (Å²) in [6.45, 7) is 8.46. The van der Waals surface area contributed by atoms with Crippen LogP contribution in [0.4, 0.5) is 4.79 Å². The smallest absolute Gasteiger partial charge is 0.408 e. The number of ether oxygens (including phenoxy) is 2. The highest BCUT2D eigenvalue weighted by Gasteiger charge is 2.32. The molecule has 0 aliphatic heterocycles. The van der Waals surface area contributed by atoms with Gasteiger partial charge in [-0.3, -0.25) is 14.4 Å². The van der Waals surface area contributed by atoms with Gasteiger partial charge in [-0.15, -0.1) is 0 Å². The molecule has 1 aliphatic carbocycles. The minimum Gasteiger partial charge on any atom is -0.481 e. The van der Waals surface area contributed by atoms with Crippen LogP contribution < -0.4 is 5.32 Å². The Labute approximate surface area is 172 Å². The molecule has 1 amide bonds. The van der Waals surface area contributed by atoms with Gasteiger partial charge >= 0.3 is 18.0 Å². The second-order valence-electron chi connectivity index (χ2n) is 9.01. The van der Waals surface area contributed by atoms with Crippen LogP contribution >= 0.6 is 0 Å². The molecule has 0 aromatic rings. The number of hydrogen-bond donors (Lipinski definition) is 2. The van der Waals surface area contributed by atoms with E-state index in [9.17, 15) is 24.3 Å². The lowest BCUT2D eigenvalue weighted by Crippen LogP contribution is -2.46. The van der Waals surface area contributed by atoms with Gasteiger partial charge in [0.15, 0.2) is 5.78 Å². The van der Waals surface area contributed by atoms with Crippen molar-refractivity contribution < 1.29 is 33.8 Å². The molecule has 0 spiro atoms. The van der Waals surface area contributed by atoms with Crippen molar-refractivity contribution in [2.75, 3.05) is 0 Å². The molecule has 8 nitrogen and oxygen atoms in total. The summed E-state index contributed by atoms with van der Waals surface area (Å²) in [6, 6.07) is -1.19. The van der Waals surface area contributed by atoms with Crippen LogP contribution in [0.25, 0.3) is 0 Å². The van der Waals surface area contributed by atoms with Crippen molar-refractivity contribution in [2.24, 2.45) is 11.8 Å². The standard InChI is InChI=1S/C21H35NO7/c1-13(2)15(19(25)26)11-17(23)16(22-20(27)29-21(3,4)5)12-18(24)28-14-9-7-6-8-10-14/h13-16H,6-12H2,1-5H3,(H,22,27)(H,25,26)/t15?,16-/m0/s1. The lowest BCUT2D eigenvalue weighted by Gasteiger charge is -2.25. The van der Waals surface area contributed by atoms with Gasteiger partial charge < -0.3 is 19.9 Å². The molecule has 0 heterocycles. The van der Waals surface area contributed by atoms with Gasteiger partial charge in [0.1, 0.15) is 17.7 Å². The van der Waals surface area contributed by atoms with Gasteiger partial charge in [0.25, 0.3) is 0 Å². The van der Waals surface area contributed by atoms with E-state index in [1.165, 1.54) is 0 Å². The molecule has 0 radical (unpaired) electrons. The molecule has 1 rings (SSSR count). The van der Waals surface area contributed by atoms with Crippen molar-refractivity contribution in [3.8, 4) is 0 Å². The number of esters is 1. The summed E-state index contributed by atoms with van der Waals surface area (Å²) >= 11 is 0. The fraction of sp³-hybridized carbons (Fsp3) is 0.810. The number of Topliss-reactive ketones (excluding diaryl/α,β-unsaturated/α-hetero) is 1. The van der Waals surface area contributed by atoms with E-state index in [1.54, 1.807) is 34.6 Å². The summed E-state index contributed by atoms with van der Waals surface area (Å²) in [4.78, 5) is 48.7. The molecule has 1 aliphatic rings. The SMILES string of the molecule is CC(C)C(CC(=O)[C@H](CC(=O)OC1CCCCC1)NC(=O)OC(C)(C)C)C(=O)O. The molecule has 2 N–H and O–H groups in total. The molecule has 1 unspecified atom stereocenters. The van der Waals surface area contributed by atoms with Crippen LogP contribution in [0.1, 0.15) is 79.6 Å². The Morgan fingerprint density at radius 3 is 2.10 bits per heavy atom. The van der Waals surface area contributed by atoms with Crippen molar-refractivity contribution in [3.05, 3.63) is 0 Å². The average Bonchev–Trinajstić information content (AvgIpc) is 2.57. The van der Waals surface area contributed by atoms with Crippen molar-refractivity contribution in [2.45, 2.75) is 97.3 Å². The summed E-state index contributed by atoms with van der Waals surface area (Å²) in [5, 5.41) is 11.8. The number of amides is 1. The van der Waals surface area contributed by atoms with Gasteiger partial charge in [-0.1, -0.05) is 20.3 Å². The van der Waals surface area contributed by atoms with E-state index in [-0.39, 0.29) is 24.9 Å². The maximum absolute atomic E-state index is 12.7. The lowest BCUT2D eigenvalue weighted by molar-refractivity contribution is -0.152. The first kappa shape index (κ1) is 24.9. The van der Waals surface area contributed by atoms with E-state index < -0.39 is 41.4 Å². The van der Waals surface area contributed by atoms with Crippen LogP contribution in [0.2, 0.25) is 0 Å². The van der Waals surface area contributed by atoms with E-state index in [1.807, 2.05) is 0 Å². The van der Waals surface area contributed by atoms with Crippen LogP contribution in [-0.2, 0) is 23.9 Å². The third-order valence-electron chi connectivity index (χ3n) is 4.84. The Balaban J connectivity index is 2.83. The largest absolute Gasteiger partial charge is 0.481 e. The normalized spacial score (nSPS) is 17.3. The molecule has 29 heavy (non-hydrogen) atoms. The third-order valence-corrected chi connectivity index (χ3v) is 4.84. The van der Waals surface area contributed by atoms with Crippen LogP contribution in [0.5, 0.6) is 0 Å². The predicted octanol–water partition coefficient (Wildman–Crippen LogP) is 3.46. The first-order valence-corrected chi connectivity index (χ1v) is 10.3. The summed E-state index contributed by atoms with van der Waals surface area (Å²) in [7, 11) is 0. The molecule has 0 aromatic heterocycles. The van der Waals surface area contributed by atoms with Gasteiger partial charge in [0, 0.05) is 6.42 Å². The van der Waals surface area contributed by atoms with Gasteiger partial charge in [-0.05, 0) is 52.4 Å². The second kappa shape index (κ2) is 11.2. The maximum Gasteiger partial charge on any atom is 0.408 e. The number of carbonyl (C=O) groups excluding carboxylic acids is 3. The summed E-state index contributed by atoms with van der Waals surface area (Å²) < 4.78 is 10.6. The van der Waals surface area contributed by atoms with Crippen LogP contribution in [0.3, 0.4) is 0 Å². The number of rotatable bonds is 9. The highest BCUT2D eigenvalue weighted by atomic mass is 16.6. The van der Waals surface area contributed by atoms with E-state index in [0.29, 0.717) is 0 Å². The summed E-state index contributed by atoms with van der Waals surface area (Å²) in [5.41, 5.74) is -0.776. The first-order valence-electron chi connectivity index (χ1n) is 10.3. The second-order valence-corrected chi connectivity index (χ2v) is 9.01. The van der Waals surface area contributed by atoms with Crippen molar-refractivity contribution in [1.29, 1.82) is 0 Å². The number of aliphatic carboxylic acids is 1. The van der Waals surface area contributed by atoms with Crippen LogP contribution in [0.15, 0.2) is 0 Å². The maximum atomic E-state index is 12.7. The fourth-order valence-corrected chi connectivity index (χ4v) is 3.25. The highest BCUT2D eigenvalue weighted by Crippen LogP contribution is 2.22. The van der Waals surface area contributed by atoms with Crippen LogP contribution in [0, 0.1) is 11.8 Å². The number of carbonyl (C=O) groups is 4. The van der Waals surface area contributed by atoms with Gasteiger partial charge in [-0.2, -0.15) is 0 Å². The molecule has 2 atom stereocenters. The van der Waals surface area contributed by atoms with Crippen LogP contribution in [-0.4, -0.2) is 46.7 Å². The topological polar surface area (TPSA) is 119 Å². The Morgan fingerprint density at radius 1 is 1.03 bits per heavy atom. The predicted molar refractivity (Wildman–Crippen MR) is 106 cm³/mol. The Kier molecular flexibility index (Phi) is 9.59. The number of carboxylic acids is 1. The van der Waals surface area contributed by atoms with E-state index in [4.69, 9.17) is 9.47 Å². The number of hydrogen-bond acceptors (Lipinski definition) is 6. The molecule has 1 fully saturated rings. The minimum atomic E-state index is -1.19. The number of ketones is 1. The monoisotopic (exact) mass is 413 g/mol. The van der Waals surface area contributed by atoms with E-state index in [2.05, 4.69) is 5.32 Å². The highest BCUT2D eigenvalue weighted by molar-refractivity contribution is 5.93. The summed E-state index contributed by atoms with van der Waals surface area (Å²) in [6.07, 6.45) is 3.03. The minimum absolute atomic E-state index is 0.170. The zero-order valence-corrected chi connectivity index (χ0v) is 18.2. The molecular weight excluding hydrogens is 378 g/mol. The third kappa shape index (κ3) is 9.76. The number of carboxylic acid groups (broad SMARTS) is 1. The van der Waals surface area contributed by atoms with E-state index in [0.717, 1.165) is 32.1 Å². The lowest BCUT2D eigenvalue weighted by atomic mass is 9.88. The number of alkyl carbamates (subject to hydrolysis) is 1. The molecule has 166 valence electrons. The Hall–Kier alpha value is -2.12. The molecule has 0 bridgehead atoms. The first-order chi connectivity index (χ1) is 13.4. The Bertz CT molecular complexity index is 588. The molecule has 0 aromatic carbocycles. The fourth-order valence-electron chi connectivity index (χ4n) is 3.25. The molecular formula is C21H35NO7. The molecule has 8 heteroatoms. The Morgan fingerprint density at radius 2 is 1.62 bits per heavy atom. The van der Waals surface area contributed by atoms with Gasteiger partial charge in [0.05, 0.1) is 12.3 Å². The van der Waals surface area contributed by atoms with Crippen molar-refractivity contribution in [1.82, 2.24) is 5.32 Å². The quantitative estimate of drug-likeness (QED) is 0.556. The molecule has 0 saturated heterocycles. The van der Waals surface area contributed by atoms with Crippen molar-refractivity contribution >= 4 is 23.8 Å². The van der Waals surface area contributed by atoms with Gasteiger partial charge in [-0.25, -0.2) is 4.79 Å². The van der Waals surface area contributed by atoms with Gasteiger partial charge in [0.2, 0.25) is 0 Å². The zero-order chi connectivity index (χ0) is 22.2. The summed E-state index contributed by atoms with van der Waals surface area (Å²) in [5.74, 6) is -3.37.